The highest BCUT2D eigenvalue weighted by Gasteiger charge is 2.19. The maximum atomic E-state index is 13.2. The Balaban J connectivity index is 0.000000428. The van der Waals surface area contributed by atoms with Crippen LogP contribution in [0, 0.1) is 23.1 Å². The maximum Gasteiger partial charge on any atom is 0.326 e. The highest BCUT2D eigenvalue weighted by atomic mass is 19.1. The zero-order chi connectivity index (χ0) is 30.9. The third-order valence-electron chi connectivity index (χ3n) is 7.47. The van der Waals surface area contributed by atoms with Gasteiger partial charge in [0.1, 0.15) is 17.7 Å². The molecule has 1 aromatic carbocycles. The average molecular weight is 586 g/mol. The molecule has 3 rings (SSSR count). The summed E-state index contributed by atoms with van der Waals surface area (Å²) < 4.78 is 26.4. The molecule has 1 aromatic heterocycles. The van der Waals surface area contributed by atoms with E-state index in [0.717, 1.165) is 63.1 Å². The number of nitriles is 1. The van der Waals surface area contributed by atoms with E-state index in [2.05, 4.69) is 27.7 Å². The van der Waals surface area contributed by atoms with Gasteiger partial charge in [0.05, 0.1) is 18.3 Å². The van der Waals surface area contributed by atoms with E-state index in [9.17, 15) is 23.5 Å². The molecule has 42 heavy (non-hydrogen) atoms. The molecule has 230 valence electrons. The molecule has 8 nitrogen and oxygen atoms in total. The third-order valence-corrected chi connectivity index (χ3v) is 7.47. The van der Waals surface area contributed by atoms with Gasteiger partial charge in [0.15, 0.2) is 0 Å². The number of carbonyl (C=O) groups is 2. The molecule has 2 heterocycles. The van der Waals surface area contributed by atoms with E-state index in [-0.39, 0.29) is 24.3 Å². The quantitative estimate of drug-likeness (QED) is 0.177. The number of carboxylic acid groups (broad SMARTS) is 1. The number of hydrogen-bond donors (Lipinski definition) is 3. The van der Waals surface area contributed by atoms with Crippen molar-refractivity contribution in [2.75, 3.05) is 38.2 Å². The zero-order valence-electron chi connectivity index (χ0n) is 25.0. The smallest absolute Gasteiger partial charge is 0.326 e. The molecule has 0 radical (unpaired) electrons. The van der Waals surface area contributed by atoms with Crippen molar-refractivity contribution in [1.82, 2.24) is 15.2 Å². The largest absolute Gasteiger partial charge is 0.480 e. The van der Waals surface area contributed by atoms with Crippen molar-refractivity contribution in [2.45, 2.75) is 77.7 Å². The van der Waals surface area contributed by atoms with Crippen molar-refractivity contribution < 1.29 is 23.5 Å². The summed E-state index contributed by atoms with van der Waals surface area (Å²) in [6, 6.07) is 9.90. The van der Waals surface area contributed by atoms with Crippen LogP contribution in [-0.4, -0.2) is 66.3 Å². The second-order valence-electron chi connectivity index (χ2n) is 11.0. The monoisotopic (exact) mass is 585 g/mol. The Kier molecular flexibility index (Phi) is 15.5. The number of pyridine rings is 1. The summed E-state index contributed by atoms with van der Waals surface area (Å²) in [6.07, 6.45) is 6.45. The van der Waals surface area contributed by atoms with E-state index in [4.69, 9.17) is 10.2 Å². The summed E-state index contributed by atoms with van der Waals surface area (Å²) >= 11 is 0. The molecular weight excluding hydrogens is 540 g/mol. The lowest BCUT2D eigenvalue weighted by atomic mass is 9.97. The summed E-state index contributed by atoms with van der Waals surface area (Å²) in [5.74, 6) is -0.325. The van der Waals surface area contributed by atoms with E-state index in [1.165, 1.54) is 11.6 Å². The lowest BCUT2D eigenvalue weighted by Crippen LogP contribution is -2.40. The number of halogens is 2. The normalized spacial score (nSPS) is 13.7. The molecule has 0 saturated carbocycles. The number of rotatable bonds is 16. The van der Waals surface area contributed by atoms with Gasteiger partial charge in [-0.2, -0.15) is 5.26 Å². The first-order chi connectivity index (χ1) is 20.2. The number of aryl methyl sites for hydroxylation is 2. The SMILES string of the molecule is CC(C)c1c(F)cccc1C#N.CCC(CF)CN(CCCCc1ccc2c(n1)NCCC2)CCC(NC=O)C(=O)O. The number of carbonyl (C=O) groups excluding carboxylic acids is 1. The fourth-order valence-corrected chi connectivity index (χ4v) is 4.99. The van der Waals surface area contributed by atoms with Gasteiger partial charge in [-0.05, 0) is 87.1 Å². The molecule has 1 amide bonds. The first-order valence-corrected chi connectivity index (χ1v) is 14.9. The number of anilines is 1. The average Bonchev–Trinajstić information content (AvgIpc) is 2.99. The number of fused-ring (bicyclic) bond motifs is 1. The Morgan fingerprint density at radius 2 is 2.05 bits per heavy atom. The molecule has 2 unspecified atom stereocenters. The van der Waals surface area contributed by atoms with Gasteiger partial charge in [-0.15, -0.1) is 0 Å². The number of hydrogen-bond acceptors (Lipinski definition) is 6. The van der Waals surface area contributed by atoms with Crippen LogP contribution in [0.3, 0.4) is 0 Å². The van der Waals surface area contributed by atoms with Crippen LogP contribution >= 0.6 is 0 Å². The van der Waals surface area contributed by atoms with Crippen LogP contribution in [0.15, 0.2) is 30.3 Å². The number of amides is 1. The van der Waals surface area contributed by atoms with Crippen molar-refractivity contribution in [3.05, 3.63) is 58.5 Å². The lowest BCUT2D eigenvalue weighted by Gasteiger charge is -2.27. The second-order valence-corrected chi connectivity index (χ2v) is 11.0. The molecule has 0 bridgehead atoms. The number of aromatic nitrogens is 1. The first-order valence-electron chi connectivity index (χ1n) is 14.9. The predicted molar refractivity (Wildman–Crippen MR) is 161 cm³/mol. The standard InChI is InChI=1S/C22H35FN4O3.C10H10FN/c1-2-17(14-23)15-27(13-10-20(22(29)30)25-16-28)12-4-3-7-19-9-8-18-6-5-11-24-21(18)26-19;1-7(2)10-8(6-12)4-3-5-9(10)11/h8-9,16-17,20H,2-7,10-15H2,1H3,(H,24,26)(H,25,28)(H,29,30);3-5,7H,1-2H3. The molecule has 2 aromatic rings. The molecule has 3 N–H and O–H groups in total. The van der Waals surface area contributed by atoms with Crippen LogP contribution < -0.4 is 10.6 Å². The third kappa shape index (κ3) is 11.4. The van der Waals surface area contributed by atoms with Gasteiger partial charge >= 0.3 is 5.97 Å². The molecular formula is C32H45F2N5O3. The molecule has 10 heteroatoms. The minimum absolute atomic E-state index is 0.0549. The van der Waals surface area contributed by atoms with Crippen molar-refractivity contribution in [3.63, 3.8) is 0 Å². The number of benzene rings is 1. The van der Waals surface area contributed by atoms with Crippen LogP contribution in [0.2, 0.25) is 0 Å². The summed E-state index contributed by atoms with van der Waals surface area (Å²) in [5, 5.41) is 23.6. The minimum atomic E-state index is -1.05. The first kappa shape index (κ1) is 34.6. The molecule has 0 spiro atoms. The van der Waals surface area contributed by atoms with E-state index in [1.54, 1.807) is 12.1 Å². The maximum absolute atomic E-state index is 13.2. The molecule has 0 fully saturated rings. The van der Waals surface area contributed by atoms with Crippen LogP contribution in [0.1, 0.15) is 81.2 Å². The van der Waals surface area contributed by atoms with Gasteiger partial charge in [0.2, 0.25) is 6.41 Å². The number of carboxylic acids is 1. The Morgan fingerprint density at radius 1 is 1.26 bits per heavy atom. The zero-order valence-corrected chi connectivity index (χ0v) is 25.0. The van der Waals surface area contributed by atoms with Gasteiger partial charge in [-0.25, -0.2) is 14.2 Å². The molecule has 0 aliphatic carbocycles. The van der Waals surface area contributed by atoms with E-state index in [0.29, 0.717) is 37.0 Å². The van der Waals surface area contributed by atoms with Crippen molar-refractivity contribution in [3.8, 4) is 6.07 Å². The number of alkyl halides is 1. The topological polar surface area (TPSA) is 118 Å². The van der Waals surface area contributed by atoms with E-state index >= 15 is 0 Å². The van der Waals surface area contributed by atoms with Crippen LogP contribution in [0.25, 0.3) is 0 Å². The van der Waals surface area contributed by atoms with Crippen LogP contribution in [0.4, 0.5) is 14.6 Å². The summed E-state index contributed by atoms with van der Waals surface area (Å²) in [7, 11) is 0. The van der Waals surface area contributed by atoms with Crippen LogP contribution in [0.5, 0.6) is 0 Å². The number of nitrogens with one attached hydrogen (secondary N) is 2. The molecule has 0 saturated heterocycles. The summed E-state index contributed by atoms with van der Waals surface area (Å²) in [5.41, 5.74) is 3.31. The van der Waals surface area contributed by atoms with Gasteiger partial charge in [-0.1, -0.05) is 32.9 Å². The summed E-state index contributed by atoms with van der Waals surface area (Å²) in [6.45, 7) is 8.19. The van der Waals surface area contributed by atoms with E-state index < -0.39 is 12.0 Å². The molecule has 2 atom stereocenters. The van der Waals surface area contributed by atoms with Gasteiger partial charge in [0.25, 0.3) is 0 Å². The van der Waals surface area contributed by atoms with Gasteiger partial charge in [-0.3, -0.25) is 9.18 Å². The Hall–Kier alpha value is -3.58. The fraction of sp³-hybridized carbons (Fsp3) is 0.562. The molecule has 1 aliphatic rings. The molecule has 1 aliphatic heterocycles. The number of nitrogens with zero attached hydrogens (tertiary/aromatic N) is 3. The lowest BCUT2D eigenvalue weighted by molar-refractivity contribution is -0.140. The number of unbranched alkanes of at least 4 members (excludes halogenated alkanes) is 1. The highest BCUT2D eigenvalue weighted by Crippen LogP contribution is 2.22. The van der Waals surface area contributed by atoms with Crippen molar-refractivity contribution in [2.24, 2.45) is 5.92 Å². The second kappa shape index (κ2) is 18.8. The van der Waals surface area contributed by atoms with Crippen LogP contribution in [-0.2, 0) is 22.4 Å². The van der Waals surface area contributed by atoms with E-state index in [1.807, 2.05) is 26.8 Å². The highest BCUT2D eigenvalue weighted by molar-refractivity contribution is 5.76. The summed E-state index contributed by atoms with van der Waals surface area (Å²) in [4.78, 5) is 28.7. The minimum Gasteiger partial charge on any atom is -0.480 e. The Morgan fingerprint density at radius 3 is 2.67 bits per heavy atom. The fourth-order valence-electron chi connectivity index (χ4n) is 4.99. The number of aliphatic carboxylic acids is 1. The Bertz CT molecular complexity index is 1170. The predicted octanol–water partition coefficient (Wildman–Crippen LogP) is 5.47. The Labute approximate surface area is 248 Å². The van der Waals surface area contributed by atoms with Crippen molar-refractivity contribution in [1.29, 1.82) is 5.26 Å². The van der Waals surface area contributed by atoms with Crippen molar-refractivity contribution >= 4 is 18.2 Å². The van der Waals surface area contributed by atoms with Gasteiger partial charge < -0.3 is 20.6 Å². The van der Waals surface area contributed by atoms with Gasteiger partial charge in [0, 0.05) is 30.9 Å².